The van der Waals surface area contributed by atoms with Crippen LogP contribution >= 0.6 is 0 Å². The molecule has 2 saturated heterocycles. The average Bonchev–Trinajstić information content (AvgIpc) is 2.56. The van der Waals surface area contributed by atoms with E-state index in [1.807, 2.05) is 12.1 Å². The molecule has 116 valence electrons. The first-order chi connectivity index (χ1) is 10.3. The van der Waals surface area contributed by atoms with Crippen molar-refractivity contribution in [2.24, 2.45) is 0 Å². The van der Waals surface area contributed by atoms with E-state index in [2.05, 4.69) is 21.2 Å². The summed E-state index contributed by atoms with van der Waals surface area (Å²) in [7, 11) is 0. The van der Waals surface area contributed by atoms with Crippen molar-refractivity contribution in [1.82, 2.24) is 10.2 Å². The number of hydrogen-bond acceptors (Lipinski definition) is 5. The Morgan fingerprint density at radius 1 is 1.10 bits per heavy atom. The largest absolute Gasteiger partial charge is 0.508 e. The molecule has 1 aromatic carbocycles. The molecular formula is C16H25N3O2. The number of aromatic hydroxyl groups is 1. The van der Waals surface area contributed by atoms with Gasteiger partial charge in [-0.1, -0.05) is 0 Å². The fourth-order valence-corrected chi connectivity index (χ4v) is 3.00. The molecule has 1 aromatic rings. The van der Waals surface area contributed by atoms with Crippen LogP contribution < -0.4 is 10.2 Å². The van der Waals surface area contributed by atoms with E-state index in [4.69, 9.17) is 4.74 Å². The lowest BCUT2D eigenvalue weighted by Gasteiger charge is -2.30. The summed E-state index contributed by atoms with van der Waals surface area (Å²) >= 11 is 0. The quantitative estimate of drug-likeness (QED) is 0.854. The Hall–Kier alpha value is -1.30. The third-order valence-electron chi connectivity index (χ3n) is 4.35. The number of ether oxygens (including phenoxy) is 1. The minimum absolute atomic E-state index is 0.419. The van der Waals surface area contributed by atoms with Crippen molar-refractivity contribution in [3.63, 3.8) is 0 Å². The van der Waals surface area contributed by atoms with Crippen LogP contribution in [0.1, 0.15) is 5.56 Å². The molecule has 3 rings (SSSR count). The van der Waals surface area contributed by atoms with E-state index in [-0.39, 0.29) is 0 Å². The predicted molar refractivity (Wildman–Crippen MR) is 84.2 cm³/mol. The summed E-state index contributed by atoms with van der Waals surface area (Å²) < 4.78 is 5.40. The van der Waals surface area contributed by atoms with Gasteiger partial charge < -0.3 is 25.0 Å². The van der Waals surface area contributed by atoms with Crippen molar-refractivity contribution >= 4 is 5.69 Å². The second kappa shape index (κ2) is 7.11. The third kappa shape index (κ3) is 3.87. The number of piperazine rings is 1. The molecule has 2 fully saturated rings. The SMILES string of the molecule is Oc1ccc(N2CCOCC2)cc1CCN1CCNCC1. The molecule has 0 atom stereocenters. The average molecular weight is 291 g/mol. The van der Waals surface area contributed by atoms with Gasteiger partial charge in [-0.25, -0.2) is 0 Å². The van der Waals surface area contributed by atoms with Gasteiger partial charge in [0.15, 0.2) is 0 Å². The lowest BCUT2D eigenvalue weighted by molar-refractivity contribution is 0.122. The van der Waals surface area contributed by atoms with Crippen LogP contribution in [0, 0.1) is 0 Å². The number of hydrogen-bond donors (Lipinski definition) is 2. The molecule has 0 aliphatic carbocycles. The van der Waals surface area contributed by atoms with Crippen LogP contribution in [0.2, 0.25) is 0 Å². The summed E-state index contributed by atoms with van der Waals surface area (Å²) in [6, 6.07) is 5.98. The Bertz CT molecular complexity index is 455. The van der Waals surface area contributed by atoms with Crippen molar-refractivity contribution in [3.8, 4) is 5.75 Å². The van der Waals surface area contributed by atoms with Gasteiger partial charge in [0, 0.05) is 51.5 Å². The minimum atomic E-state index is 0.419. The molecule has 2 heterocycles. The standard InChI is InChI=1S/C16H25N3O2/c20-16-2-1-15(19-9-11-21-12-10-19)13-14(16)3-6-18-7-4-17-5-8-18/h1-2,13,17,20H,3-12H2. The second-order valence-corrected chi connectivity index (χ2v) is 5.75. The van der Waals surface area contributed by atoms with Crippen molar-refractivity contribution < 1.29 is 9.84 Å². The molecule has 21 heavy (non-hydrogen) atoms. The number of nitrogens with zero attached hydrogens (tertiary/aromatic N) is 2. The zero-order valence-corrected chi connectivity index (χ0v) is 12.6. The summed E-state index contributed by atoms with van der Waals surface area (Å²) in [6.45, 7) is 8.80. The fourth-order valence-electron chi connectivity index (χ4n) is 3.00. The van der Waals surface area contributed by atoms with E-state index in [1.165, 1.54) is 5.69 Å². The van der Waals surface area contributed by atoms with Gasteiger partial charge in [0.1, 0.15) is 5.75 Å². The van der Waals surface area contributed by atoms with Crippen LogP contribution in [0.5, 0.6) is 5.75 Å². The topological polar surface area (TPSA) is 48.0 Å². The zero-order valence-electron chi connectivity index (χ0n) is 12.6. The van der Waals surface area contributed by atoms with Crippen molar-refractivity contribution in [2.75, 3.05) is 63.9 Å². The summed E-state index contributed by atoms with van der Waals surface area (Å²) in [6.07, 6.45) is 0.907. The molecule has 0 saturated carbocycles. The maximum atomic E-state index is 10.1. The van der Waals surface area contributed by atoms with Gasteiger partial charge in [0.2, 0.25) is 0 Å². The van der Waals surface area contributed by atoms with Gasteiger partial charge in [-0.3, -0.25) is 0 Å². The second-order valence-electron chi connectivity index (χ2n) is 5.75. The number of benzene rings is 1. The van der Waals surface area contributed by atoms with E-state index in [1.54, 1.807) is 0 Å². The maximum Gasteiger partial charge on any atom is 0.118 e. The molecule has 2 aliphatic rings. The fraction of sp³-hybridized carbons (Fsp3) is 0.625. The van der Waals surface area contributed by atoms with Gasteiger partial charge in [-0.15, -0.1) is 0 Å². The maximum absolute atomic E-state index is 10.1. The first-order valence-electron chi connectivity index (χ1n) is 7.90. The van der Waals surface area contributed by atoms with Crippen LogP contribution in [-0.4, -0.2) is 69.0 Å². The van der Waals surface area contributed by atoms with E-state index < -0.39 is 0 Å². The van der Waals surface area contributed by atoms with E-state index in [0.29, 0.717) is 5.75 Å². The highest BCUT2D eigenvalue weighted by Crippen LogP contribution is 2.25. The van der Waals surface area contributed by atoms with Crippen LogP contribution in [0.15, 0.2) is 18.2 Å². The Kier molecular flexibility index (Phi) is 4.95. The van der Waals surface area contributed by atoms with Crippen molar-refractivity contribution in [1.29, 1.82) is 0 Å². The Balaban J connectivity index is 1.63. The lowest BCUT2D eigenvalue weighted by atomic mass is 10.1. The van der Waals surface area contributed by atoms with Crippen LogP contribution in [-0.2, 0) is 11.2 Å². The van der Waals surface area contributed by atoms with Crippen LogP contribution in [0.3, 0.4) is 0 Å². The summed E-state index contributed by atoms with van der Waals surface area (Å²) in [4.78, 5) is 4.79. The molecular weight excluding hydrogens is 266 g/mol. The lowest BCUT2D eigenvalue weighted by Crippen LogP contribution is -2.44. The normalized spacial score (nSPS) is 20.7. The number of nitrogens with one attached hydrogen (secondary N) is 1. The molecule has 0 bridgehead atoms. The minimum Gasteiger partial charge on any atom is -0.508 e. The van der Waals surface area contributed by atoms with E-state index in [0.717, 1.165) is 71.0 Å². The number of rotatable bonds is 4. The predicted octanol–water partition coefficient (Wildman–Crippen LogP) is 0.677. The van der Waals surface area contributed by atoms with Crippen LogP contribution in [0.25, 0.3) is 0 Å². The molecule has 5 nitrogen and oxygen atoms in total. The smallest absolute Gasteiger partial charge is 0.118 e. The molecule has 0 radical (unpaired) electrons. The number of phenolic OH excluding ortho intramolecular Hbond substituents is 1. The summed E-state index contributed by atoms with van der Waals surface area (Å²) in [5, 5.41) is 13.5. The monoisotopic (exact) mass is 291 g/mol. The first-order valence-corrected chi connectivity index (χ1v) is 7.90. The van der Waals surface area contributed by atoms with E-state index in [9.17, 15) is 5.11 Å². The van der Waals surface area contributed by atoms with Crippen LogP contribution in [0.4, 0.5) is 5.69 Å². The van der Waals surface area contributed by atoms with Crippen molar-refractivity contribution in [3.05, 3.63) is 23.8 Å². The number of morpholine rings is 1. The molecule has 2 N–H and O–H groups in total. The first kappa shape index (κ1) is 14.6. The highest BCUT2D eigenvalue weighted by Gasteiger charge is 2.14. The zero-order chi connectivity index (χ0) is 14.5. The Morgan fingerprint density at radius 3 is 2.62 bits per heavy atom. The number of anilines is 1. The Morgan fingerprint density at radius 2 is 1.86 bits per heavy atom. The summed E-state index contributed by atoms with van der Waals surface area (Å²) in [5.41, 5.74) is 2.25. The third-order valence-corrected chi connectivity index (χ3v) is 4.35. The molecule has 5 heteroatoms. The highest BCUT2D eigenvalue weighted by atomic mass is 16.5. The Labute approximate surface area is 126 Å². The van der Waals surface area contributed by atoms with Gasteiger partial charge in [0.05, 0.1) is 13.2 Å². The number of phenols is 1. The highest BCUT2D eigenvalue weighted by molar-refractivity contribution is 5.53. The van der Waals surface area contributed by atoms with Gasteiger partial charge in [0.25, 0.3) is 0 Å². The molecule has 0 unspecified atom stereocenters. The van der Waals surface area contributed by atoms with Crippen molar-refractivity contribution in [2.45, 2.75) is 6.42 Å². The van der Waals surface area contributed by atoms with Gasteiger partial charge in [-0.2, -0.15) is 0 Å². The molecule has 2 aliphatic heterocycles. The van der Waals surface area contributed by atoms with Gasteiger partial charge in [-0.05, 0) is 30.2 Å². The molecule has 0 amide bonds. The molecule has 0 spiro atoms. The van der Waals surface area contributed by atoms with Gasteiger partial charge >= 0.3 is 0 Å². The van der Waals surface area contributed by atoms with E-state index >= 15 is 0 Å². The molecule has 0 aromatic heterocycles. The summed E-state index contributed by atoms with van der Waals surface area (Å²) in [5.74, 6) is 0.419.